The molecule has 3 heteroatoms. The molecule has 148 valence electrons. The van der Waals surface area contributed by atoms with Crippen LogP contribution in [0.2, 0.25) is 0 Å². The van der Waals surface area contributed by atoms with Crippen molar-refractivity contribution in [3.8, 4) is 11.8 Å². The molecule has 1 aromatic heterocycles. The summed E-state index contributed by atoms with van der Waals surface area (Å²) in [4.78, 5) is 15.7. The van der Waals surface area contributed by atoms with Crippen molar-refractivity contribution in [2.45, 2.75) is 90.6 Å². The first-order valence-electron chi connectivity index (χ1n) is 10.5. The SMILES string of the molecule is CCCCCC#CC/C=C\CCCCCCCC(=O)OCc1cccnc1. The molecule has 1 heterocycles. The molecule has 0 amide bonds. The molecule has 0 N–H and O–H groups in total. The number of unbranched alkanes of at least 4 members (excludes halogenated alkanes) is 8. The second kappa shape index (κ2) is 17.3. The highest BCUT2D eigenvalue weighted by Gasteiger charge is 2.03. The Balaban J connectivity index is 1.87. The monoisotopic (exact) mass is 369 g/mol. The molecule has 0 unspecified atom stereocenters. The number of rotatable bonds is 14. The van der Waals surface area contributed by atoms with Crippen molar-refractivity contribution in [2.75, 3.05) is 0 Å². The molecule has 0 spiro atoms. The van der Waals surface area contributed by atoms with Crippen LogP contribution in [0.4, 0.5) is 0 Å². The van der Waals surface area contributed by atoms with Crippen LogP contribution < -0.4 is 0 Å². The van der Waals surface area contributed by atoms with Crippen LogP contribution in [-0.2, 0) is 16.1 Å². The van der Waals surface area contributed by atoms with Crippen LogP contribution in [0.15, 0.2) is 36.7 Å². The molecule has 0 aromatic carbocycles. The summed E-state index contributed by atoms with van der Waals surface area (Å²) in [6.45, 7) is 2.54. The Hall–Kier alpha value is -2.08. The maximum absolute atomic E-state index is 11.7. The Morgan fingerprint density at radius 2 is 1.93 bits per heavy atom. The molecule has 0 aliphatic carbocycles. The predicted molar refractivity (Wildman–Crippen MR) is 112 cm³/mol. The Bertz CT molecular complexity index is 569. The standard InChI is InChI=1S/C24H35NO2/c1-2-3-4-5-6-7-8-9-10-11-12-13-14-15-16-19-24(26)27-22-23-18-17-20-25-21-23/h9-10,17-18,20-21H,2-5,8,11-16,19,22H2,1H3/b10-9-. The number of pyridine rings is 1. The van der Waals surface area contributed by atoms with E-state index in [1.165, 1.54) is 38.5 Å². The van der Waals surface area contributed by atoms with Crippen LogP contribution in [-0.4, -0.2) is 11.0 Å². The van der Waals surface area contributed by atoms with E-state index in [-0.39, 0.29) is 5.97 Å². The zero-order valence-corrected chi connectivity index (χ0v) is 16.9. The molecule has 0 saturated carbocycles. The minimum atomic E-state index is -0.113. The molecular weight excluding hydrogens is 334 g/mol. The van der Waals surface area contributed by atoms with Gasteiger partial charge in [-0.1, -0.05) is 63.2 Å². The smallest absolute Gasteiger partial charge is 0.306 e. The van der Waals surface area contributed by atoms with Crippen LogP contribution >= 0.6 is 0 Å². The highest BCUT2D eigenvalue weighted by Crippen LogP contribution is 2.09. The molecule has 0 radical (unpaired) electrons. The lowest BCUT2D eigenvalue weighted by Gasteiger charge is -2.04. The summed E-state index contributed by atoms with van der Waals surface area (Å²) in [6, 6.07) is 3.76. The predicted octanol–water partition coefficient (Wildman–Crippen LogP) is 6.39. The first kappa shape index (κ1) is 23.0. The van der Waals surface area contributed by atoms with Crippen molar-refractivity contribution in [1.82, 2.24) is 4.98 Å². The largest absolute Gasteiger partial charge is 0.461 e. The molecule has 27 heavy (non-hydrogen) atoms. The quantitative estimate of drug-likeness (QED) is 0.165. The van der Waals surface area contributed by atoms with E-state index in [1.54, 1.807) is 12.4 Å². The summed E-state index contributed by atoms with van der Waals surface area (Å²) in [5.41, 5.74) is 0.932. The van der Waals surface area contributed by atoms with Crippen molar-refractivity contribution >= 4 is 5.97 Å². The van der Waals surface area contributed by atoms with Gasteiger partial charge in [0.2, 0.25) is 0 Å². The van der Waals surface area contributed by atoms with Crippen LogP contribution in [0.1, 0.15) is 89.5 Å². The lowest BCUT2D eigenvalue weighted by atomic mass is 10.1. The summed E-state index contributed by atoms with van der Waals surface area (Å²) in [5.74, 6) is 6.33. The third kappa shape index (κ3) is 14.7. The number of aromatic nitrogens is 1. The van der Waals surface area contributed by atoms with Crippen molar-refractivity contribution in [2.24, 2.45) is 0 Å². The fraction of sp³-hybridized carbons (Fsp3) is 0.583. The molecule has 3 nitrogen and oxygen atoms in total. The van der Waals surface area contributed by atoms with Gasteiger partial charge in [-0.25, -0.2) is 0 Å². The summed E-state index contributed by atoms with van der Waals surface area (Å²) in [5, 5.41) is 0. The Labute approximate surface area is 165 Å². The zero-order chi connectivity index (χ0) is 19.4. The van der Waals surface area contributed by atoms with Crippen LogP contribution in [0.5, 0.6) is 0 Å². The first-order valence-corrected chi connectivity index (χ1v) is 10.5. The highest BCUT2D eigenvalue weighted by atomic mass is 16.5. The topological polar surface area (TPSA) is 39.2 Å². The van der Waals surface area contributed by atoms with Crippen molar-refractivity contribution in [3.05, 3.63) is 42.2 Å². The van der Waals surface area contributed by atoms with Gasteiger partial charge in [-0.3, -0.25) is 9.78 Å². The fourth-order valence-corrected chi connectivity index (χ4v) is 2.67. The van der Waals surface area contributed by atoms with Gasteiger partial charge in [-0.05, 0) is 31.7 Å². The molecule has 0 aliphatic rings. The maximum atomic E-state index is 11.7. The molecule has 1 rings (SSSR count). The minimum Gasteiger partial charge on any atom is -0.461 e. The number of carbonyl (C=O) groups excluding carboxylic acids is 1. The zero-order valence-electron chi connectivity index (χ0n) is 16.9. The van der Waals surface area contributed by atoms with Crippen LogP contribution in [0.25, 0.3) is 0 Å². The molecule has 0 saturated heterocycles. The van der Waals surface area contributed by atoms with Crippen molar-refractivity contribution in [3.63, 3.8) is 0 Å². The van der Waals surface area contributed by atoms with Gasteiger partial charge in [0.25, 0.3) is 0 Å². The molecule has 0 fully saturated rings. The number of carbonyl (C=O) groups is 1. The van der Waals surface area contributed by atoms with E-state index in [9.17, 15) is 4.79 Å². The maximum Gasteiger partial charge on any atom is 0.306 e. The Kier molecular flexibility index (Phi) is 14.7. The van der Waals surface area contributed by atoms with E-state index < -0.39 is 0 Å². The van der Waals surface area contributed by atoms with Gasteiger partial charge in [0.05, 0.1) is 0 Å². The number of ether oxygens (including phenoxy) is 1. The van der Waals surface area contributed by atoms with E-state index in [4.69, 9.17) is 4.74 Å². The van der Waals surface area contributed by atoms with Crippen LogP contribution in [0.3, 0.4) is 0 Å². The normalized spacial score (nSPS) is 10.6. The number of esters is 1. The Morgan fingerprint density at radius 1 is 1.07 bits per heavy atom. The molecule has 0 bridgehead atoms. The van der Waals surface area contributed by atoms with Gasteiger partial charge in [0.1, 0.15) is 6.61 Å². The van der Waals surface area contributed by atoms with E-state index in [0.717, 1.165) is 37.7 Å². The van der Waals surface area contributed by atoms with Gasteiger partial charge < -0.3 is 4.74 Å². The molecule has 0 atom stereocenters. The summed E-state index contributed by atoms with van der Waals surface area (Å²) in [6.07, 6.45) is 20.8. The number of hydrogen-bond donors (Lipinski definition) is 0. The molecular formula is C24H35NO2. The van der Waals surface area contributed by atoms with E-state index in [1.807, 2.05) is 12.1 Å². The molecule has 1 aromatic rings. The van der Waals surface area contributed by atoms with Gasteiger partial charge in [0.15, 0.2) is 0 Å². The van der Waals surface area contributed by atoms with E-state index in [2.05, 4.69) is 35.9 Å². The van der Waals surface area contributed by atoms with Gasteiger partial charge in [-0.2, -0.15) is 0 Å². The van der Waals surface area contributed by atoms with Crippen LogP contribution in [0, 0.1) is 11.8 Å². The van der Waals surface area contributed by atoms with E-state index >= 15 is 0 Å². The third-order valence-corrected chi connectivity index (χ3v) is 4.29. The minimum absolute atomic E-state index is 0.113. The number of allylic oxidation sites excluding steroid dienone is 2. The molecule has 0 aliphatic heterocycles. The second-order valence-corrected chi connectivity index (χ2v) is 6.81. The van der Waals surface area contributed by atoms with E-state index in [0.29, 0.717) is 13.0 Å². The average molecular weight is 370 g/mol. The lowest BCUT2D eigenvalue weighted by Crippen LogP contribution is -2.04. The summed E-state index contributed by atoms with van der Waals surface area (Å²) >= 11 is 0. The van der Waals surface area contributed by atoms with Gasteiger partial charge in [0, 0.05) is 37.2 Å². The highest BCUT2D eigenvalue weighted by molar-refractivity contribution is 5.69. The summed E-state index contributed by atoms with van der Waals surface area (Å²) in [7, 11) is 0. The van der Waals surface area contributed by atoms with Gasteiger partial charge >= 0.3 is 5.97 Å². The number of nitrogens with zero attached hydrogens (tertiary/aromatic N) is 1. The van der Waals surface area contributed by atoms with Crippen molar-refractivity contribution in [1.29, 1.82) is 0 Å². The number of hydrogen-bond acceptors (Lipinski definition) is 3. The third-order valence-electron chi connectivity index (χ3n) is 4.29. The lowest BCUT2D eigenvalue weighted by molar-refractivity contribution is -0.145. The van der Waals surface area contributed by atoms with Crippen molar-refractivity contribution < 1.29 is 9.53 Å². The second-order valence-electron chi connectivity index (χ2n) is 6.81. The van der Waals surface area contributed by atoms with Gasteiger partial charge in [-0.15, -0.1) is 5.92 Å². The summed E-state index contributed by atoms with van der Waals surface area (Å²) < 4.78 is 5.25. The fourth-order valence-electron chi connectivity index (χ4n) is 2.67. The Morgan fingerprint density at radius 3 is 2.74 bits per heavy atom. The first-order chi connectivity index (χ1) is 13.3. The average Bonchev–Trinajstić information content (AvgIpc) is 2.70.